The molecule has 45 heavy (non-hydrogen) atoms. The molecule has 4 aromatic rings. The first-order chi connectivity index (χ1) is 21.7. The van der Waals surface area contributed by atoms with Crippen molar-refractivity contribution in [3.05, 3.63) is 165 Å². The van der Waals surface area contributed by atoms with Crippen LogP contribution in [0.4, 0.5) is 0 Å². The van der Waals surface area contributed by atoms with E-state index in [0.717, 1.165) is 30.4 Å². The fourth-order valence-electron chi connectivity index (χ4n) is 4.69. The molecular weight excluding hydrogens is 572 g/mol. The molecule has 0 spiro atoms. The van der Waals surface area contributed by atoms with Gasteiger partial charge < -0.3 is 20.1 Å². The second-order valence-corrected chi connectivity index (χ2v) is 9.61. The SMILES string of the molecule is COC(=O)C(C(=Cc1ccccc1)C(C=Cc1ccccc1)=Cc1ccccc1)=C(C(=O)O)c1cccc(C(=O)O)c1C(=O)O. The average molecular weight is 601 g/mol. The van der Waals surface area contributed by atoms with E-state index in [1.54, 1.807) is 54.6 Å². The molecule has 8 heteroatoms. The number of carbonyl (C=O) groups is 4. The highest BCUT2D eigenvalue weighted by Crippen LogP contribution is 2.35. The van der Waals surface area contributed by atoms with Crippen LogP contribution < -0.4 is 0 Å². The lowest BCUT2D eigenvalue weighted by molar-refractivity contribution is -0.136. The van der Waals surface area contributed by atoms with E-state index < -0.39 is 51.7 Å². The van der Waals surface area contributed by atoms with Gasteiger partial charge in [-0.2, -0.15) is 0 Å². The molecule has 0 bridgehead atoms. The molecule has 0 aliphatic rings. The fraction of sp³-hybridized carbons (Fsp3) is 0.0270. The Morgan fingerprint density at radius 1 is 0.600 bits per heavy atom. The van der Waals surface area contributed by atoms with Gasteiger partial charge in [0.05, 0.1) is 29.4 Å². The lowest BCUT2D eigenvalue weighted by atomic mass is 9.85. The summed E-state index contributed by atoms with van der Waals surface area (Å²) in [5.41, 5.74) is -0.474. The van der Waals surface area contributed by atoms with Crippen LogP contribution >= 0.6 is 0 Å². The number of carboxylic acids is 3. The molecule has 0 amide bonds. The monoisotopic (exact) mass is 600 g/mol. The zero-order valence-electron chi connectivity index (χ0n) is 24.1. The molecule has 0 unspecified atom stereocenters. The molecule has 3 N–H and O–H groups in total. The van der Waals surface area contributed by atoms with Crippen LogP contribution in [0.3, 0.4) is 0 Å². The summed E-state index contributed by atoms with van der Waals surface area (Å²) in [5, 5.41) is 30.4. The third-order valence-corrected chi connectivity index (χ3v) is 6.70. The first-order valence-corrected chi connectivity index (χ1v) is 13.6. The second-order valence-electron chi connectivity index (χ2n) is 9.61. The van der Waals surface area contributed by atoms with Gasteiger partial charge in [0.15, 0.2) is 0 Å². The Labute approximate surface area is 259 Å². The Bertz CT molecular complexity index is 1850. The molecule has 0 saturated carbocycles. The van der Waals surface area contributed by atoms with Gasteiger partial charge in [-0.25, -0.2) is 19.2 Å². The molecule has 0 aromatic heterocycles. The third-order valence-electron chi connectivity index (χ3n) is 6.70. The Balaban J connectivity index is 2.18. The summed E-state index contributed by atoms with van der Waals surface area (Å²) < 4.78 is 5.11. The highest BCUT2D eigenvalue weighted by Gasteiger charge is 2.32. The van der Waals surface area contributed by atoms with Crippen LogP contribution in [0.25, 0.3) is 23.8 Å². The summed E-state index contributed by atoms with van der Waals surface area (Å²) in [6.45, 7) is 0. The van der Waals surface area contributed by atoms with Crippen LogP contribution in [0.1, 0.15) is 43.0 Å². The molecule has 0 aliphatic heterocycles. The Morgan fingerprint density at radius 2 is 1.11 bits per heavy atom. The maximum Gasteiger partial charge on any atom is 0.339 e. The number of methoxy groups -OCH3 is 1. The van der Waals surface area contributed by atoms with Crippen molar-refractivity contribution in [3.8, 4) is 0 Å². The first kappa shape index (κ1) is 31.7. The molecule has 0 aliphatic carbocycles. The molecule has 224 valence electrons. The van der Waals surface area contributed by atoms with Crippen molar-refractivity contribution < 1.29 is 39.2 Å². The van der Waals surface area contributed by atoms with Gasteiger partial charge >= 0.3 is 23.9 Å². The van der Waals surface area contributed by atoms with Gasteiger partial charge in [0.25, 0.3) is 0 Å². The van der Waals surface area contributed by atoms with Gasteiger partial charge in [0.1, 0.15) is 0 Å². The highest BCUT2D eigenvalue weighted by atomic mass is 16.5. The van der Waals surface area contributed by atoms with Crippen molar-refractivity contribution in [2.45, 2.75) is 0 Å². The Morgan fingerprint density at radius 3 is 1.60 bits per heavy atom. The summed E-state index contributed by atoms with van der Waals surface area (Å²) in [4.78, 5) is 51.1. The van der Waals surface area contributed by atoms with Gasteiger partial charge in [0.2, 0.25) is 0 Å². The number of esters is 1. The summed E-state index contributed by atoms with van der Waals surface area (Å²) in [6, 6.07) is 30.7. The quantitative estimate of drug-likeness (QED) is 0.0953. The van der Waals surface area contributed by atoms with Gasteiger partial charge in [-0.1, -0.05) is 115 Å². The molecule has 0 atom stereocenters. The van der Waals surface area contributed by atoms with Crippen molar-refractivity contribution in [2.24, 2.45) is 0 Å². The maximum absolute atomic E-state index is 13.7. The summed E-state index contributed by atoms with van der Waals surface area (Å²) in [7, 11) is 1.08. The molecule has 0 heterocycles. The van der Waals surface area contributed by atoms with E-state index in [9.17, 15) is 34.5 Å². The largest absolute Gasteiger partial charge is 0.478 e. The molecule has 0 fully saturated rings. The topological polar surface area (TPSA) is 138 Å². The number of allylic oxidation sites excluding steroid dienone is 2. The predicted octanol–water partition coefficient (Wildman–Crippen LogP) is 6.97. The van der Waals surface area contributed by atoms with Crippen LogP contribution in [0.2, 0.25) is 0 Å². The number of rotatable bonds is 11. The minimum Gasteiger partial charge on any atom is -0.478 e. The number of aromatic carboxylic acids is 2. The first-order valence-electron chi connectivity index (χ1n) is 13.6. The van der Waals surface area contributed by atoms with E-state index in [2.05, 4.69) is 0 Å². The lowest BCUT2D eigenvalue weighted by Crippen LogP contribution is -2.19. The summed E-state index contributed by atoms with van der Waals surface area (Å²) >= 11 is 0. The maximum atomic E-state index is 13.7. The van der Waals surface area contributed by atoms with E-state index in [1.165, 1.54) is 6.07 Å². The second kappa shape index (κ2) is 14.8. The van der Waals surface area contributed by atoms with E-state index >= 15 is 0 Å². The van der Waals surface area contributed by atoms with Crippen LogP contribution in [0.5, 0.6) is 0 Å². The van der Waals surface area contributed by atoms with Crippen molar-refractivity contribution in [3.63, 3.8) is 0 Å². The number of ether oxygens (including phenoxy) is 1. The van der Waals surface area contributed by atoms with Crippen molar-refractivity contribution in [1.82, 2.24) is 0 Å². The fourth-order valence-corrected chi connectivity index (χ4v) is 4.69. The van der Waals surface area contributed by atoms with Crippen molar-refractivity contribution in [2.75, 3.05) is 7.11 Å². The zero-order valence-corrected chi connectivity index (χ0v) is 24.1. The molecule has 0 saturated heterocycles. The third kappa shape index (κ3) is 7.77. The van der Waals surface area contributed by atoms with Crippen LogP contribution in [0.15, 0.2) is 132 Å². The summed E-state index contributed by atoms with van der Waals surface area (Å²) in [5.74, 6) is -5.98. The van der Waals surface area contributed by atoms with Gasteiger partial charge in [-0.15, -0.1) is 0 Å². The lowest BCUT2D eigenvalue weighted by Gasteiger charge is -2.18. The zero-order chi connectivity index (χ0) is 32.3. The predicted molar refractivity (Wildman–Crippen MR) is 171 cm³/mol. The van der Waals surface area contributed by atoms with E-state index in [4.69, 9.17) is 4.74 Å². The number of hydrogen-bond donors (Lipinski definition) is 3. The number of benzene rings is 4. The molecule has 0 radical (unpaired) electrons. The highest BCUT2D eigenvalue weighted by molar-refractivity contribution is 6.27. The van der Waals surface area contributed by atoms with Crippen molar-refractivity contribution in [1.29, 1.82) is 0 Å². The van der Waals surface area contributed by atoms with Crippen LogP contribution in [0, 0.1) is 0 Å². The van der Waals surface area contributed by atoms with Gasteiger partial charge in [-0.05, 0) is 46.1 Å². The van der Waals surface area contributed by atoms with Crippen LogP contribution in [-0.2, 0) is 14.3 Å². The standard InChI is InChI=1S/C37H28O8/c1-45-37(44)33(32(36(42)43)28-18-11-19-29(34(38)39)31(28)35(40)41)30(23-26-16-9-4-10-17-26)27(22-25-14-7-3-8-15-25)21-20-24-12-5-2-6-13-24/h2-23H,1H3,(H,38,39)(H,40,41)(H,42,43). The van der Waals surface area contributed by atoms with Gasteiger partial charge in [-0.3, -0.25) is 0 Å². The Hall–Kier alpha value is -6.28. The minimum absolute atomic E-state index is 0.0959. The average Bonchev–Trinajstić information content (AvgIpc) is 3.05. The van der Waals surface area contributed by atoms with Crippen LogP contribution in [-0.4, -0.2) is 46.3 Å². The molecular formula is C37H28O8. The number of hydrogen-bond acceptors (Lipinski definition) is 5. The molecule has 8 nitrogen and oxygen atoms in total. The number of carbonyl (C=O) groups excluding carboxylic acids is 1. The minimum atomic E-state index is -1.68. The van der Waals surface area contributed by atoms with E-state index in [0.29, 0.717) is 11.1 Å². The molecule has 4 rings (SSSR count). The van der Waals surface area contributed by atoms with Gasteiger partial charge in [0, 0.05) is 5.56 Å². The number of aliphatic carboxylic acids is 1. The summed E-state index contributed by atoms with van der Waals surface area (Å²) in [6.07, 6.45) is 6.85. The normalized spacial score (nSPS) is 12.4. The smallest absolute Gasteiger partial charge is 0.339 e. The van der Waals surface area contributed by atoms with E-state index in [-0.39, 0.29) is 5.57 Å². The molecule has 4 aromatic carbocycles. The Kier molecular flexibility index (Phi) is 10.4. The number of carboxylic acid groups (broad SMARTS) is 3. The van der Waals surface area contributed by atoms with E-state index in [1.807, 2.05) is 60.7 Å². The van der Waals surface area contributed by atoms with Crippen molar-refractivity contribution >= 4 is 47.7 Å².